The summed E-state index contributed by atoms with van der Waals surface area (Å²) in [7, 11) is 6.18. The maximum absolute atomic E-state index is 11.7. The van der Waals surface area contributed by atoms with Gasteiger partial charge in [-0.3, -0.25) is 0 Å². The van der Waals surface area contributed by atoms with E-state index in [9.17, 15) is 4.79 Å². The third-order valence-electron chi connectivity index (χ3n) is 1.81. The van der Waals surface area contributed by atoms with Gasteiger partial charge in [0.1, 0.15) is 0 Å². The SMILES string of the molecule is C[N+](C)(C)CC(=O)[I-]Cc1ccccc1. The molecule has 0 aliphatic heterocycles. The summed E-state index contributed by atoms with van der Waals surface area (Å²) in [5.41, 5.74) is 1.29. The van der Waals surface area contributed by atoms with Crippen LogP contribution in [0.1, 0.15) is 5.56 Å². The monoisotopic (exact) mass is 319 g/mol. The molecule has 0 amide bonds. The van der Waals surface area contributed by atoms with Gasteiger partial charge in [0.25, 0.3) is 0 Å². The first-order valence-electron chi connectivity index (χ1n) is 4.94. The van der Waals surface area contributed by atoms with Gasteiger partial charge in [-0.2, -0.15) is 0 Å². The van der Waals surface area contributed by atoms with E-state index in [0.717, 1.165) is 8.91 Å². The molecule has 2 nitrogen and oxygen atoms in total. The van der Waals surface area contributed by atoms with Gasteiger partial charge in [0.05, 0.1) is 0 Å². The van der Waals surface area contributed by atoms with Crippen molar-refractivity contribution in [2.45, 2.75) is 4.43 Å². The van der Waals surface area contributed by atoms with Gasteiger partial charge in [-0.15, -0.1) is 0 Å². The predicted molar refractivity (Wildman–Crippen MR) is 58.1 cm³/mol. The van der Waals surface area contributed by atoms with E-state index >= 15 is 0 Å². The Morgan fingerprint density at radius 2 is 1.80 bits per heavy atom. The third kappa shape index (κ3) is 5.89. The number of benzene rings is 1. The zero-order valence-corrected chi connectivity index (χ0v) is 11.7. The van der Waals surface area contributed by atoms with Gasteiger partial charge in [0.2, 0.25) is 0 Å². The predicted octanol–water partition coefficient (Wildman–Crippen LogP) is -1.49. The first kappa shape index (κ1) is 12.6. The molecule has 0 saturated heterocycles. The molecule has 0 radical (unpaired) electrons. The van der Waals surface area contributed by atoms with E-state index in [2.05, 4.69) is 33.3 Å². The molecule has 0 aliphatic carbocycles. The molecular weight excluding hydrogens is 301 g/mol. The van der Waals surface area contributed by atoms with Crippen LogP contribution in [0.15, 0.2) is 30.3 Å². The first-order chi connectivity index (χ1) is 6.97. The van der Waals surface area contributed by atoms with Gasteiger partial charge in [-0.05, 0) is 0 Å². The molecule has 3 heteroatoms. The summed E-state index contributed by atoms with van der Waals surface area (Å²) in [6.07, 6.45) is 0. The molecule has 0 heterocycles. The Labute approximate surface area is 102 Å². The second-order valence-corrected chi connectivity index (χ2v) is 7.29. The van der Waals surface area contributed by atoms with Gasteiger partial charge in [0, 0.05) is 0 Å². The molecule has 0 unspecified atom stereocenters. The van der Waals surface area contributed by atoms with E-state index in [1.54, 1.807) is 0 Å². The van der Waals surface area contributed by atoms with E-state index in [0.29, 0.717) is 10.3 Å². The molecule has 1 rings (SSSR count). The van der Waals surface area contributed by atoms with Gasteiger partial charge in [-0.25, -0.2) is 0 Å². The number of carbonyl (C=O) groups excluding carboxylic acids is 1. The van der Waals surface area contributed by atoms with Crippen molar-refractivity contribution < 1.29 is 30.5 Å². The topological polar surface area (TPSA) is 17.1 Å². The van der Waals surface area contributed by atoms with Crippen molar-refractivity contribution in [3.63, 3.8) is 0 Å². The average Bonchev–Trinajstić information content (AvgIpc) is 2.14. The van der Waals surface area contributed by atoms with Crippen molar-refractivity contribution in [1.82, 2.24) is 0 Å². The number of quaternary nitrogens is 1. The van der Waals surface area contributed by atoms with Gasteiger partial charge < -0.3 is 0 Å². The normalized spacial score (nSPS) is 11.7. The van der Waals surface area contributed by atoms with Crippen molar-refractivity contribution in [3.05, 3.63) is 35.9 Å². The van der Waals surface area contributed by atoms with Crippen LogP contribution in [0.4, 0.5) is 0 Å². The molecule has 0 saturated carbocycles. The van der Waals surface area contributed by atoms with Crippen LogP contribution in [0.5, 0.6) is 0 Å². The summed E-state index contributed by atoms with van der Waals surface area (Å²) in [6.45, 7) is 0.667. The molecule has 0 fully saturated rings. The van der Waals surface area contributed by atoms with E-state index in [1.165, 1.54) is 5.56 Å². The maximum atomic E-state index is 11.7. The minimum absolute atomic E-state index is 0.337. The van der Waals surface area contributed by atoms with Gasteiger partial charge in [0.15, 0.2) is 0 Å². The number of likely N-dealkylation sites (N-methyl/N-ethyl adjacent to an activating group) is 1. The summed E-state index contributed by atoms with van der Waals surface area (Å²) in [5.74, 6) is 0. The molecule has 0 aromatic heterocycles. The summed E-state index contributed by atoms with van der Waals surface area (Å²) in [6, 6.07) is 10.3. The van der Waals surface area contributed by atoms with E-state index < -0.39 is 0 Å². The zero-order valence-electron chi connectivity index (χ0n) is 9.53. The van der Waals surface area contributed by atoms with Crippen molar-refractivity contribution in [3.8, 4) is 0 Å². The Hall–Kier alpha value is -0.420. The number of halogens is 1. The Bertz CT molecular complexity index is 316. The van der Waals surface area contributed by atoms with Crippen molar-refractivity contribution in [1.29, 1.82) is 0 Å². The molecule has 0 atom stereocenters. The summed E-state index contributed by atoms with van der Waals surface area (Å²) in [4.78, 5) is 11.7. The molecule has 15 heavy (non-hydrogen) atoms. The molecular formula is C12H18INO. The minimum atomic E-state index is -0.337. The number of nitrogens with zero attached hydrogens (tertiary/aromatic N) is 1. The molecule has 1 aromatic carbocycles. The number of rotatable bonds is 5. The Morgan fingerprint density at radius 1 is 1.20 bits per heavy atom. The van der Waals surface area contributed by atoms with Gasteiger partial charge >= 0.3 is 102 Å². The Morgan fingerprint density at radius 3 is 2.33 bits per heavy atom. The summed E-state index contributed by atoms with van der Waals surface area (Å²) >= 11 is -0.337. The number of alkyl halides is 1. The zero-order chi connectivity index (χ0) is 11.3. The Balaban J connectivity index is 2.35. The molecule has 84 valence electrons. The van der Waals surface area contributed by atoms with E-state index in [1.807, 2.05) is 18.2 Å². The molecule has 0 spiro atoms. The van der Waals surface area contributed by atoms with Crippen molar-refractivity contribution in [2.24, 2.45) is 0 Å². The summed E-state index contributed by atoms with van der Waals surface area (Å²) < 4.78 is 2.16. The quantitative estimate of drug-likeness (QED) is 0.280. The fourth-order valence-electron chi connectivity index (χ4n) is 1.13. The summed E-state index contributed by atoms with van der Waals surface area (Å²) in [5, 5.41) is 0. The first-order valence-corrected chi connectivity index (χ1v) is 7.54. The van der Waals surface area contributed by atoms with Crippen molar-refractivity contribution >= 4 is 3.79 Å². The van der Waals surface area contributed by atoms with Crippen LogP contribution in [0.3, 0.4) is 0 Å². The van der Waals surface area contributed by atoms with E-state index in [-0.39, 0.29) is 21.2 Å². The van der Waals surface area contributed by atoms with Crippen LogP contribution < -0.4 is 21.2 Å². The molecule has 0 N–H and O–H groups in total. The average molecular weight is 319 g/mol. The van der Waals surface area contributed by atoms with Crippen molar-refractivity contribution in [2.75, 3.05) is 27.7 Å². The second-order valence-electron chi connectivity index (χ2n) is 4.56. The second kappa shape index (κ2) is 5.61. The van der Waals surface area contributed by atoms with Crippen LogP contribution in [-0.4, -0.2) is 36.0 Å². The third-order valence-corrected chi connectivity index (χ3v) is 4.27. The number of hydrogen-bond donors (Lipinski definition) is 0. The standard InChI is InChI=1S/C12H18INO/c1-14(2,3)10-12(15)13-9-11-7-5-4-6-8-11/h4-8H,9-10H2,1-3H3. The molecule has 0 bridgehead atoms. The Kier molecular flexibility index (Phi) is 4.73. The van der Waals surface area contributed by atoms with Crippen LogP contribution in [0, 0.1) is 0 Å². The number of carbonyl (C=O) groups is 1. The molecule has 1 aromatic rings. The fourth-order valence-corrected chi connectivity index (χ4v) is 3.77. The van der Waals surface area contributed by atoms with Crippen LogP contribution in [0.25, 0.3) is 0 Å². The molecule has 0 aliphatic rings. The van der Waals surface area contributed by atoms with Crippen LogP contribution in [-0.2, 0) is 9.22 Å². The van der Waals surface area contributed by atoms with E-state index in [4.69, 9.17) is 0 Å². The fraction of sp³-hybridized carbons (Fsp3) is 0.417. The van der Waals surface area contributed by atoms with Crippen LogP contribution in [0.2, 0.25) is 0 Å². The van der Waals surface area contributed by atoms with Crippen LogP contribution >= 0.6 is 0 Å². The van der Waals surface area contributed by atoms with Gasteiger partial charge in [-0.1, -0.05) is 0 Å². The number of hydrogen-bond acceptors (Lipinski definition) is 1.